The van der Waals surface area contributed by atoms with Crippen molar-refractivity contribution in [3.05, 3.63) is 51.9 Å². The Morgan fingerprint density at radius 1 is 0.895 bits per heavy atom. The molecule has 2 aromatic rings. The van der Waals surface area contributed by atoms with Crippen LogP contribution in [0.15, 0.2) is 36.4 Å². The first kappa shape index (κ1) is 12.5. The summed E-state index contributed by atoms with van der Waals surface area (Å²) in [5, 5.41) is 17.6. The Hall–Kier alpha value is -2.92. The second-order valence-corrected chi connectivity index (χ2v) is 4.09. The molecule has 5 heteroatoms. The van der Waals surface area contributed by atoms with Crippen LogP contribution in [0.3, 0.4) is 0 Å². The summed E-state index contributed by atoms with van der Waals surface area (Å²) in [5.74, 6) is 0.494. The van der Waals surface area contributed by atoms with Gasteiger partial charge in [0, 0.05) is 17.7 Å². The monoisotopic (exact) mass is 252 g/mol. The molecule has 0 aliphatic heterocycles. The van der Waals surface area contributed by atoms with Gasteiger partial charge in [-0.2, -0.15) is 0 Å². The van der Waals surface area contributed by atoms with Crippen LogP contribution in [0.5, 0.6) is 5.75 Å². The number of methoxy groups -OCH3 is 1. The second kappa shape index (κ2) is 5.16. The van der Waals surface area contributed by atoms with Gasteiger partial charge >= 0.3 is 11.4 Å². The molecule has 0 aromatic heterocycles. The van der Waals surface area contributed by atoms with Crippen LogP contribution in [-0.4, -0.2) is 7.11 Å². The Kier molecular flexibility index (Phi) is 3.40. The first-order valence-electron chi connectivity index (χ1n) is 5.69. The third-order valence-corrected chi connectivity index (χ3v) is 2.93. The van der Waals surface area contributed by atoms with Crippen LogP contribution in [0.1, 0.15) is 5.56 Å². The van der Waals surface area contributed by atoms with Gasteiger partial charge in [-0.25, -0.2) is 0 Å². The largest absolute Gasteiger partial charge is 0.489 e. The van der Waals surface area contributed by atoms with Crippen molar-refractivity contribution in [2.24, 2.45) is 0 Å². The van der Waals surface area contributed by atoms with Gasteiger partial charge in [0.15, 0.2) is 9.95 Å². The third-order valence-electron chi connectivity index (χ3n) is 2.93. The summed E-state index contributed by atoms with van der Waals surface area (Å²) >= 11 is 0. The minimum Gasteiger partial charge on any atom is -0.489 e. The van der Waals surface area contributed by atoms with Crippen LogP contribution in [0.25, 0.3) is 21.1 Å². The molecule has 0 saturated carbocycles. The highest BCUT2D eigenvalue weighted by Crippen LogP contribution is 2.34. The van der Waals surface area contributed by atoms with Gasteiger partial charge in [0.1, 0.15) is 0 Å². The minimum atomic E-state index is 0.380. The van der Waals surface area contributed by atoms with Crippen molar-refractivity contribution in [1.82, 2.24) is 0 Å². The van der Waals surface area contributed by atoms with Crippen molar-refractivity contribution in [3.63, 3.8) is 0 Å². The quantitative estimate of drug-likeness (QED) is 0.731. The number of rotatable bonds is 2. The molecule has 0 spiro atoms. The van der Waals surface area contributed by atoms with Crippen molar-refractivity contribution >= 4 is 11.4 Å². The average molecular weight is 252 g/mol. The van der Waals surface area contributed by atoms with Gasteiger partial charge in [-0.1, -0.05) is 0 Å². The Labute approximate surface area is 110 Å². The van der Waals surface area contributed by atoms with E-state index in [1.54, 1.807) is 18.2 Å². The molecule has 0 atom stereocenters. The molecule has 92 valence electrons. The van der Waals surface area contributed by atoms with E-state index in [-0.39, 0.29) is 0 Å². The van der Waals surface area contributed by atoms with Gasteiger partial charge in [-0.05, 0) is 42.3 Å². The summed E-state index contributed by atoms with van der Waals surface area (Å²) in [5.41, 5.74) is 3.68. The Bertz CT molecular complexity index is 710. The molecule has 0 aliphatic carbocycles. The van der Waals surface area contributed by atoms with E-state index in [4.69, 9.17) is 15.5 Å². The van der Waals surface area contributed by atoms with Crippen molar-refractivity contribution in [2.75, 3.05) is 7.11 Å². The van der Waals surface area contributed by atoms with Gasteiger partial charge in [-0.3, -0.25) is 0 Å². The highest BCUT2D eigenvalue weighted by molar-refractivity contribution is 5.73. The number of nitrogens with zero attached hydrogens (tertiary/aromatic N) is 4. The maximum atomic E-state index is 8.83. The third kappa shape index (κ3) is 2.36. The smallest absolute Gasteiger partial charge is 0.426 e. The van der Waals surface area contributed by atoms with Crippen LogP contribution in [0, 0.1) is 17.7 Å². The SMILES string of the molecule is COc1cc(-c2ccc([N+]#N)c(C)c2)ccc1[N+]#N. The molecule has 2 rings (SSSR count). The molecule has 0 bridgehead atoms. The fraction of sp³-hybridized carbons (Fsp3) is 0.143. The van der Waals surface area contributed by atoms with E-state index >= 15 is 0 Å². The van der Waals surface area contributed by atoms with E-state index in [9.17, 15) is 0 Å². The molecule has 0 heterocycles. The molecule has 0 N–H and O–H groups in total. The number of hydrogen-bond acceptors (Lipinski definition) is 3. The van der Waals surface area contributed by atoms with Crippen molar-refractivity contribution in [3.8, 4) is 16.9 Å². The lowest BCUT2D eigenvalue weighted by Gasteiger charge is -2.03. The predicted molar refractivity (Wildman–Crippen MR) is 72.7 cm³/mol. The lowest BCUT2D eigenvalue weighted by Crippen LogP contribution is -1.85. The molecule has 0 radical (unpaired) electrons. The van der Waals surface area contributed by atoms with E-state index in [0.717, 1.165) is 16.7 Å². The summed E-state index contributed by atoms with van der Waals surface area (Å²) in [7, 11) is 1.52. The van der Waals surface area contributed by atoms with Crippen molar-refractivity contribution in [2.45, 2.75) is 6.92 Å². The van der Waals surface area contributed by atoms with Crippen molar-refractivity contribution < 1.29 is 4.74 Å². The minimum absolute atomic E-state index is 0.380. The van der Waals surface area contributed by atoms with Gasteiger partial charge in [0.25, 0.3) is 0 Å². The summed E-state index contributed by atoms with van der Waals surface area (Å²) in [6.07, 6.45) is 0. The van der Waals surface area contributed by atoms with E-state index < -0.39 is 0 Å². The van der Waals surface area contributed by atoms with Crippen LogP contribution >= 0.6 is 0 Å². The lowest BCUT2D eigenvalue weighted by atomic mass is 10.0. The number of aryl methyl sites for hydroxylation is 1. The Morgan fingerprint density at radius 2 is 1.47 bits per heavy atom. The standard InChI is InChI=1S/C14H12N4O/c1-9-7-10(3-5-12(9)17-15)11-4-6-13(18-16)14(8-11)19-2/h3-8H,1-2H3/q+2. The van der Waals surface area contributed by atoms with E-state index in [2.05, 4.69) is 9.95 Å². The van der Waals surface area contributed by atoms with Crippen LogP contribution in [0.4, 0.5) is 11.4 Å². The number of benzene rings is 2. The number of diazo groups is 2. The van der Waals surface area contributed by atoms with Gasteiger partial charge in [-0.15, -0.1) is 0 Å². The molecule has 0 fully saturated rings. The summed E-state index contributed by atoms with van der Waals surface area (Å²) in [6.45, 7) is 1.87. The topological polar surface area (TPSA) is 65.5 Å². The van der Waals surface area contributed by atoms with Gasteiger partial charge in [0.2, 0.25) is 16.5 Å². The summed E-state index contributed by atoms with van der Waals surface area (Å²) in [4.78, 5) is 6.34. The summed E-state index contributed by atoms with van der Waals surface area (Å²) in [6, 6.07) is 10.8. The zero-order valence-corrected chi connectivity index (χ0v) is 10.7. The first-order valence-corrected chi connectivity index (χ1v) is 5.69. The molecule has 0 amide bonds. The van der Waals surface area contributed by atoms with Crippen LogP contribution in [0.2, 0.25) is 0 Å². The molecule has 0 saturated heterocycles. The Morgan fingerprint density at radius 3 is 2.00 bits per heavy atom. The van der Waals surface area contributed by atoms with E-state index in [0.29, 0.717) is 17.1 Å². The average Bonchev–Trinajstić information content (AvgIpc) is 2.46. The van der Waals surface area contributed by atoms with Crippen LogP contribution < -0.4 is 4.74 Å². The van der Waals surface area contributed by atoms with Crippen LogP contribution in [-0.2, 0) is 0 Å². The maximum absolute atomic E-state index is 8.83. The Balaban J connectivity index is 2.51. The van der Waals surface area contributed by atoms with Gasteiger partial charge < -0.3 is 4.74 Å². The van der Waals surface area contributed by atoms with Crippen molar-refractivity contribution in [1.29, 1.82) is 10.8 Å². The fourth-order valence-corrected chi connectivity index (χ4v) is 1.89. The fourth-order valence-electron chi connectivity index (χ4n) is 1.89. The highest BCUT2D eigenvalue weighted by atomic mass is 16.5. The molecule has 0 unspecified atom stereocenters. The molecule has 19 heavy (non-hydrogen) atoms. The molecular weight excluding hydrogens is 240 g/mol. The molecule has 5 nitrogen and oxygen atoms in total. The van der Waals surface area contributed by atoms with Gasteiger partial charge in [0.05, 0.1) is 7.11 Å². The normalized spacial score (nSPS) is 9.47. The zero-order chi connectivity index (χ0) is 13.8. The van der Waals surface area contributed by atoms with E-state index in [1.807, 2.05) is 25.1 Å². The predicted octanol–water partition coefficient (Wildman–Crippen LogP) is 4.64. The highest BCUT2D eigenvalue weighted by Gasteiger charge is 2.16. The maximum Gasteiger partial charge on any atom is 0.426 e. The first-order chi connectivity index (χ1) is 9.19. The number of ether oxygens (including phenoxy) is 1. The molecule has 2 aromatic carbocycles. The molecular formula is C14H12N4O+2. The number of hydrogen-bond donors (Lipinski definition) is 0. The van der Waals surface area contributed by atoms with E-state index in [1.165, 1.54) is 7.11 Å². The lowest BCUT2D eigenvalue weighted by molar-refractivity contribution is 0.417. The zero-order valence-electron chi connectivity index (χ0n) is 10.7. The molecule has 0 aliphatic rings. The summed E-state index contributed by atoms with van der Waals surface area (Å²) < 4.78 is 5.16. The second-order valence-electron chi connectivity index (χ2n) is 4.09.